The molecule has 1 aromatic rings. The van der Waals surface area contributed by atoms with E-state index >= 15 is 0 Å². The number of oxime groups is 1. The van der Waals surface area contributed by atoms with E-state index in [1.807, 2.05) is 13.8 Å². The van der Waals surface area contributed by atoms with E-state index in [4.69, 9.17) is 4.84 Å². The summed E-state index contributed by atoms with van der Waals surface area (Å²) in [5.41, 5.74) is 7.72. The summed E-state index contributed by atoms with van der Waals surface area (Å²) in [6.45, 7) is 12.5. The number of ketones is 1. The van der Waals surface area contributed by atoms with Crippen molar-refractivity contribution in [3.05, 3.63) is 57.7 Å². The summed E-state index contributed by atoms with van der Waals surface area (Å²) in [6.07, 6.45) is 8.37. The van der Waals surface area contributed by atoms with Gasteiger partial charge in [-0.3, -0.25) is 4.79 Å². The van der Waals surface area contributed by atoms with Gasteiger partial charge in [-0.2, -0.15) is 0 Å². The summed E-state index contributed by atoms with van der Waals surface area (Å²) in [5, 5.41) is 4.22. The number of Topliss-reactive ketones (excluding diaryl/α,β-unsaturated/α-hetero) is 1. The SMILES string of the molecule is CCO/N=C(\CC)C1=CCC(c2c(C)cc(C)c(C(C)=O)c2C)C=C1. The zero-order valence-corrected chi connectivity index (χ0v) is 16.3. The van der Waals surface area contributed by atoms with Gasteiger partial charge in [0.1, 0.15) is 6.61 Å². The second kappa shape index (κ2) is 8.28. The molecular formula is C22H29NO2. The van der Waals surface area contributed by atoms with Gasteiger partial charge in [-0.1, -0.05) is 36.4 Å². The van der Waals surface area contributed by atoms with Crippen LogP contribution in [0.2, 0.25) is 0 Å². The molecule has 1 aliphatic carbocycles. The maximum atomic E-state index is 12.1. The zero-order chi connectivity index (χ0) is 18.6. The lowest BCUT2D eigenvalue weighted by Gasteiger charge is -2.23. The number of allylic oxidation sites excluding steroid dienone is 4. The summed E-state index contributed by atoms with van der Waals surface area (Å²) in [7, 11) is 0. The fourth-order valence-corrected chi connectivity index (χ4v) is 3.83. The first kappa shape index (κ1) is 19.2. The van der Waals surface area contributed by atoms with E-state index in [2.05, 4.69) is 50.2 Å². The molecular weight excluding hydrogens is 310 g/mol. The highest BCUT2D eigenvalue weighted by Crippen LogP contribution is 2.34. The van der Waals surface area contributed by atoms with E-state index in [0.717, 1.165) is 40.8 Å². The number of hydrogen-bond acceptors (Lipinski definition) is 3. The molecule has 134 valence electrons. The van der Waals surface area contributed by atoms with Gasteiger partial charge in [0.15, 0.2) is 5.78 Å². The standard InChI is InChI=1S/C22H29NO2/c1-7-20(23-25-8-2)18-9-11-19(12-10-18)22-15(4)13-14(3)21(16(22)5)17(6)24/h9-11,13,19H,7-8,12H2,1-6H3/b23-20+. The van der Waals surface area contributed by atoms with Crippen LogP contribution in [-0.4, -0.2) is 18.1 Å². The van der Waals surface area contributed by atoms with Crippen molar-refractivity contribution in [1.82, 2.24) is 0 Å². The number of benzene rings is 1. The van der Waals surface area contributed by atoms with Crippen molar-refractivity contribution in [2.24, 2.45) is 5.16 Å². The predicted octanol–water partition coefficient (Wildman–Crippen LogP) is 5.59. The van der Waals surface area contributed by atoms with Crippen LogP contribution in [-0.2, 0) is 4.84 Å². The molecule has 0 saturated heterocycles. The monoisotopic (exact) mass is 339 g/mol. The Kier molecular flexibility index (Phi) is 6.35. The molecule has 0 aromatic heterocycles. The lowest BCUT2D eigenvalue weighted by atomic mass is 9.81. The minimum absolute atomic E-state index is 0.143. The van der Waals surface area contributed by atoms with Crippen LogP contribution in [0.5, 0.6) is 0 Å². The first-order valence-corrected chi connectivity index (χ1v) is 9.09. The van der Waals surface area contributed by atoms with Crippen LogP contribution in [0.15, 0.2) is 35.0 Å². The van der Waals surface area contributed by atoms with Crippen LogP contribution in [0.4, 0.5) is 0 Å². The summed E-state index contributed by atoms with van der Waals surface area (Å²) in [6, 6.07) is 2.14. The van der Waals surface area contributed by atoms with Crippen LogP contribution >= 0.6 is 0 Å². The average molecular weight is 339 g/mol. The number of rotatable bonds is 6. The highest BCUT2D eigenvalue weighted by atomic mass is 16.6. The van der Waals surface area contributed by atoms with Gasteiger partial charge in [0, 0.05) is 11.5 Å². The van der Waals surface area contributed by atoms with Crippen molar-refractivity contribution in [3.63, 3.8) is 0 Å². The molecule has 0 heterocycles. The predicted molar refractivity (Wildman–Crippen MR) is 105 cm³/mol. The Labute approximate surface area is 151 Å². The molecule has 0 radical (unpaired) electrons. The molecule has 1 atom stereocenters. The van der Waals surface area contributed by atoms with Crippen molar-refractivity contribution in [2.45, 2.75) is 60.3 Å². The summed E-state index contributed by atoms with van der Waals surface area (Å²) in [4.78, 5) is 17.3. The first-order valence-electron chi connectivity index (χ1n) is 9.09. The minimum Gasteiger partial charge on any atom is -0.396 e. The maximum Gasteiger partial charge on any atom is 0.160 e. The Hall–Kier alpha value is -2.16. The molecule has 0 saturated carbocycles. The topological polar surface area (TPSA) is 38.7 Å². The molecule has 0 spiro atoms. The third-order valence-electron chi connectivity index (χ3n) is 4.83. The average Bonchev–Trinajstić information content (AvgIpc) is 2.56. The molecule has 1 aromatic carbocycles. The number of nitrogens with zero attached hydrogens (tertiary/aromatic N) is 1. The van der Waals surface area contributed by atoms with Crippen molar-refractivity contribution in [1.29, 1.82) is 0 Å². The van der Waals surface area contributed by atoms with Crippen molar-refractivity contribution >= 4 is 11.5 Å². The fourth-order valence-electron chi connectivity index (χ4n) is 3.83. The molecule has 0 fully saturated rings. The molecule has 3 nitrogen and oxygen atoms in total. The lowest BCUT2D eigenvalue weighted by molar-refractivity contribution is 0.101. The zero-order valence-electron chi connectivity index (χ0n) is 16.3. The van der Waals surface area contributed by atoms with E-state index < -0.39 is 0 Å². The van der Waals surface area contributed by atoms with E-state index in [9.17, 15) is 4.79 Å². The third-order valence-corrected chi connectivity index (χ3v) is 4.83. The van der Waals surface area contributed by atoms with Gasteiger partial charge in [0.2, 0.25) is 0 Å². The highest BCUT2D eigenvalue weighted by Gasteiger charge is 2.21. The molecule has 0 bridgehead atoms. The quantitative estimate of drug-likeness (QED) is 0.385. The molecule has 0 N–H and O–H groups in total. The molecule has 0 aliphatic heterocycles. The summed E-state index contributed by atoms with van der Waals surface area (Å²) in [5.74, 6) is 0.442. The van der Waals surface area contributed by atoms with Gasteiger partial charge in [0.05, 0.1) is 5.71 Å². The second-order valence-corrected chi connectivity index (χ2v) is 6.65. The van der Waals surface area contributed by atoms with Gasteiger partial charge < -0.3 is 4.84 Å². The number of aryl methyl sites for hydroxylation is 2. The van der Waals surface area contributed by atoms with Crippen LogP contribution in [0.3, 0.4) is 0 Å². The largest absolute Gasteiger partial charge is 0.396 e. The lowest BCUT2D eigenvalue weighted by Crippen LogP contribution is -2.11. The van der Waals surface area contributed by atoms with Crippen LogP contribution in [0, 0.1) is 20.8 Å². The summed E-state index contributed by atoms with van der Waals surface area (Å²) >= 11 is 0. The van der Waals surface area contributed by atoms with Crippen LogP contribution < -0.4 is 0 Å². The van der Waals surface area contributed by atoms with E-state index in [-0.39, 0.29) is 5.78 Å². The Morgan fingerprint density at radius 3 is 2.48 bits per heavy atom. The first-order chi connectivity index (χ1) is 11.9. The molecule has 25 heavy (non-hydrogen) atoms. The molecule has 1 unspecified atom stereocenters. The minimum atomic E-state index is 0.143. The molecule has 2 rings (SSSR count). The number of carbonyl (C=O) groups excluding carboxylic acids is 1. The van der Waals surface area contributed by atoms with Gasteiger partial charge in [-0.25, -0.2) is 0 Å². The second-order valence-electron chi connectivity index (χ2n) is 6.65. The molecule has 3 heteroatoms. The molecule has 0 amide bonds. The normalized spacial score (nSPS) is 17.4. The highest BCUT2D eigenvalue weighted by molar-refractivity contribution is 6.02. The smallest absolute Gasteiger partial charge is 0.160 e. The Morgan fingerprint density at radius 1 is 1.24 bits per heavy atom. The Morgan fingerprint density at radius 2 is 1.96 bits per heavy atom. The van der Waals surface area contributed by atoms with Crippen LogP contribution in [0.25, 0.3) is 0 Å². The van der Waals surface area contributed by atoms with Crippen molar-refractivity contribution < 1.29 is 9.63 Å². The van der Waals surface area contributed by atoms with Crippen LogP contribution in [0.1, 0.15) is 72.1 Å². The van der Waals surface area contributed by atoms with Gasteiger partial charge in [-0.05, 0) is 75.3 Å². The van der Waals surface area contributed by atoms with Crippen molar-refractivity contribution in [3.8, 4) is 0 Å². The van der Waals surface area contributed by atoms with Crippen molar-refractivity contribution in [2.75, 3.05) is 6.61 Å². The Bertz CT molecular complexity index is 754. The van der Waals surface area contributed by atoms with E-state index in [1.165, 1.54) is 11.1 Å². The maximum absolute atomic E-state index is 12.1. The number of carbonyl (C=O) groups is 1. The third kappa shape index (κ3) is 4.09. The fraction of sp³-hybridized carbons (Fsp3) is 0.455. The Balaban J connectivity index is 2.34. The van der Waals surface area contributed by atoms with Gasteiger partial charge in [-0.15, -0.1) is 0 Å². The van der Waals surface area contributed by atoms with E-state index in [1.54, 1.807) is 6.92 Å². The van der Waals surface area contributed by atoms with Gasteiger partial charge >= 0.3 is 0 Å². The number of hydrogen-bond donors (Lipinski definition) is 0. The molecule has 1 aliphatic rings. The van der Waals surface area contributed by atoms with E-state index in [0.29, 0.717) is 12.5 Å². The summed E-state index contributed by atoms with van der Waals surface area (Å²) < 4.78 is 0. The van der Waals surface area contributed by atoms with Gasteiger partial charge in [0.25, 0.3) is 0 Å².